The Bertz CT molecular complexity index is 330. The minimum absolute atomic E-state index is 0.291. The van der Waals surface area contributed by atoms with Crippen LogP contribution in [0.5, 0.6) is 0 Å². The molecule has 1 saturated heterocycles. The van der Waals surface area contributed by atoms with E-state index in [0.717, 1.165) is 37.1 Å². The van der Waals surface area contributed by atoms with Crippen LogP contribution in [0.1, 0.15) is 40.5 Å². The summed E-state index contributed by atoms with van der Waals surface area (Å²) in [6, 6.07) is 0.598. The minimum Gasteiger partial charge on any atom is -0.308 e. The fourth-order valence-electron chi connectivity index (χ4n) is 3.32. The molecular formula is C15H30N2OS. The lowest BCUT2D eigenvalue weighted by molar-refractivity contribution is 0.0578. The lowest BCUT2D eigenvalue weighted by Crippen LogP contribution is -2.65. The van der Waals surface area contributed by atoms with Gasteiger partial charge in [-0.3, -0.25) is 9.11 Å². The van der Waals surface area contributed by atoms with E-state index in [9.17, 15) is 4.21 Å². The highest BCUT2D eigenvalue weighted by molar-refractivity contribution is 7.84. The van der Waals surface area contributed by atoms with E-state index in [1.807, 2.05) is 6.92 Å². The van der Waals surface area contributed by atoms with E-state index in [1.54, 1.807) is 0 Å². The first-order chi connectivity index (χ1) is 8.96. The molecule has 0 spiro atoms. The van der Waals surface area contributed by atoms with E-state index in [4.69, 9.17) is 0 Å². The Hall–Kier alpha value is 0.0700. The largest absolute Gasteiger partial charge is 0.308 e. The summed E-state index contributed by atoms with van der Waals surface area (Å²) in [5, 5.41) is 3.80. The van der Waals surface area contributed by atoms with Crippen molar-refractivity contribution in [2.24, 2.45) is 11.8 Å². The van der Waals surface area contributed by atoms with Crippen molar-refractivity contribution in [3.63, 3.8) is 0 Å². The highest BCUT2D eigenvalue weighted by Crippen LogP contribution is 2.41. The monoisotopic (exact) mass is 286 g/mol. The summed E-state index contributed by atoms with van der Waals surface area (Å²) in [6.45, 7) is 12.2. The molecule has 1 N–H and O–H groups in total. The van der Waals surface area contributed by atoms with Gasteiger partial charge in [-0.1, -0.05) is 20.8 Å². The smallest absolute Gasteiger partial charge is 0.0362 e. The van der Waals surface area contributed by atoms with Crippen molar-refractivity contribution in [2.75, 3.05) is 31.1 Å². The molecule has 0 bridgehead atoms. The molecular weight excluding hydrogens is 256 g/mol. The first kappa shape index (κ1) is 15.5. The van der Waals surface area contributed by atoms with Crippen molar-refractivity contribution < 1.29 is 4.21 Å². The maximum absolute atomic E-state index is 11.7. The zero-order chi connectivity index (χ0) is 14.0. The van der Waals surface area contributed by atoms with Gasteiger partial charge < -0.3 is 5.32 Å². The predicted molar refractivity (Wildman–Crippen MR) is 82.9 cm³/mol. The van der Waals surface area contributed by atoms with Gasteiger partial charge in [-0.25, -0.2) is 0 Å². The summed E-state index contributed by atoms with van der Waals surface area (Å²) < 4.78 is 11.7. The first-order valence-electron chi connectivity index (χ1n) is 7.80. The van der Waals surface area contributed by atoms with Gasteiger partial charge >= 0.3 is 0 Å². The lowest BCUT2D eigenvalue weighted by atomic mass is 9.88. The van der Waals surface area contributed by atoms with Gasteiger partial charge in [0.15, 0.2) is 0 Å². The van der Waals surface area contributed by atoms with Gasteiger partial charge in [0.1, 0.15) is 0 Å². The van der Waals surface area contributed by atoms with Crippen LogP contribution in [0, 0.1) is 11.8 Å². The van der Waals surface area contributed by atoms with Crippen LogP contribution in [0.3, 0.4) is 0 Å². The standard InChI is InChI=1S/C15H30N2OS/c1-5-19(18)9-8-17-11-15(4,13-6-7-13)16-10-14(17)12(2)3/h12-14,16H,5-11H2,1-4H3. The highest BCUT2D eigenvalue weighted by atomic mass is 32.2. The van der Waals surface area contributed by atoms with E-state index in [2.05, 4.69) is 31.0 Å². The quantitative estimate of drug-likeness (QED) is 0.809. The Kier molecular flexibility index (Phi) is 5.07. The molecule has 0 aromatic rings. The van der Waals surface area contributed by atoms with Crippen molar-refractivity contribution in [2.45, 2.75) is 52.1 Å². The second-order valence-electron chi connectivity index (χ2n) is 6.79. The second-order valence-corrected chi connectivity index (χ2v) is 8.65. The van der Waals surface area contributed by atoms with Crippen molar-refractivity contribution in [1.29, 1.82) is 0 Å². The third-order valence-electron chi connectivity index (χ3n) is 4.89. The summed E-state index contributed by atoms with van der Waals surface area (Å²) >= 11 is 0. The molecule has 0 aromatic heterocycles. The van der Waals surface area contributed by atoms with Crippen molar-refractivity contribution >= 4 is 10.8 Å². The van der Waals surface area contributed by atoms with Crippen LogP contribution in [0.15, 0.2) is 0 Å². The zero-order valence-electron chi connectivity index (χ0n) is 12.9. The second kappa shape index (κ2) is 6.23. The molecule has 2 rings (SSSR count). The number of nitrogens with zero attached hydrogens (tertiary/aromatic N) is 1. The Morgan fingerprint density at radius 2 is 2.11 bits per heavy atom. The van der Waals surface area contributed by atoms with Gasteiger partial charge in [0.05, 0.1) is 0 Å². The molecule has 0 amide bonds. The zero-order valence-corrected chi connectivity index (χ0v) is 13.8. The molecule has 1 saturated carbocycles. The van der Waals surface area contributed by atoms with E-state index in [0.29, 0.717) is 17.5 Å². The topological polar surface area (TPSA) is 32.3 Å². The normalized spacial score (nSPS) is 34.7. The van der Waals surface area contributed by atoms with Gasteiger partial charge in [-0.15, -0.1) is 0 Å². The van der Waals surface area contributed by atoms with Gasteiger partial charge in [0, 0.05) is 53.5 Å². The molecule has 112 valence electrons. The third kappa shape index (κ3) is 3.79. The van der Waals surface area contributed by atoms with Crippen LogP contribution in [0.4, 0.5) is 0 Å². The molecule has 2 aliphatic rings. The molecule has 2 fully saturated rings. The lowest BCUT2D eigenvalue weighted by Gasteiger charge is -2.48. The van der Waals surface area contributed by atoms with Gasteiger partial charge in [0.2, 0.25) is 0 Å². The van der Waals surface area contributed by atoms with Gasteiger partial charge in [-0.05, 0) is 31.6 Å². The van der Waals surface area contributed by atoms with Crippen molar-refractivity contribution in [3.8, 4) is 0 Å². The van der Waals surface area contributed by atoms with E-state index >= 15 is 0 Å². The van der Waals surface area contributed by atoms with E-state index in [-0.39, 0.29) is 0 Å². The molecule has 0 aromatic carbocycles. The third-order valence-corrected chi connectivity index (χ3v) is 6.17. The Balaban J connectivity index is 1.97. The molecule has 3 unspecified atom stereocenters. The summed E-state index contributed by atoms with van der Waals surface area (Å²) in [7, 11) is -0.639. The molecule has 19 heavy (non-hydrogen) atoms. The Labute approximate surface area is 121 Å². The van der Waals surface area contributed by atoms with Crippen LogP contribution in [-0.4, -0.2) is 51.8 Å². The molecule has 3 nitrogen and oxygen atoms in total. The summed E-state index contributed by atoms with van der Waals surface area (Å²) in [6.07, 6.45) is 2.76. The SMILES string of the molecule is CCS(=O)CCN1CC(C)(C2CC2)NCC1C(C)C. The van der Waals surface area contributed by atoms with Crippen molar-refractivity contribution in [1.82, 2.24) is 10.2 Å². The van der Waals surface area contributed by atoms with Crippen LogP contribution in [-0.2, 0) is 10.8 Å². The molecule has 1 aliphatic carbocycles. The van der Waals surface area contributed by atoms with Crippen LogP contribution in [0.2, 0.25) is 0 Å². The summed E-state index contributed by atoms with van der Waals surface area (Å²) in [5.41, 5.74) is 0.291. The average Bonchev–Trinajstić information content (AvgIpc) is 3.20. The summed E-state index contributed by atoms with van der Waals surface area (Å²) in [4.78, 5) is 2.60. The van der Waals surface area contributed by atoms with Gasteiger partial charge in [-0.2, -0.15) is 0 Å². The minimum atomic E-state index is -0.639. The van der Waals surface area contributed by atoms with Crippen molar-refractivity contribution in [3.05, 3.63) is 0 Å². The maximum atomic E-state index is 11.7. The number of piperazine rings is 1. The number of hydrogen-bond acceptors (Lipinski definition) is 3. The first-order valence-corrected chi connectivity index (χ1v) is 9.29. The van der Waals surface area contributed by atoms with E-state index in [1.165, 1.54) is 12.8 Å². The highest BCUT2D eigenvalue weighted by Gasteiger charge is 2.46. The fraction of sp³-hybridized carbons (Fsp3) is 1.00. The summed E-state index contributed by atoms with van der Waals surface area (Å²) in [5.74, 6) is 3.14. The molecule has 4 heteroatoms. The number of nitrogens with one attached hydrogen (secondary N) is 1. The fourth-order valence-corrected chi connectivity index (χ4v) is 4.05. The van der Waals surface area contributed by atoms with Crippen LogP contribution < -0.4 is 5.32 Å². The van der Waals surface area contributed by atoms with E-state index < -0.39 is 10.8 Å². The Morgan fingerprint density at radius 3 is 2.63 bits per heavy atom. The maximum Gasteiger partial charge on any atom is 0.0362 e. The predicted octanol–water partition coefficient (Wildman–Crippen LogP) is 1.85. The molecule has 0 radical (unpaired) electrons. The van der Waals surface area contributed by atoms with Gasteiger partial charge in [0.25, 0.3) is 0 Å². The Morgan fingerprint density at radius 1 is 1.42 bits per heavy atom. The average molecular weight is 286 g/mol. The molecule has 1 heterocycles. The van der Waals surface area contributed by atoms with Crippen LogP contribution in [0.25, 0.3) is 0 Å². The molecule has 3 atom stereocenters. The molecule has 1 aliphatic heterocycles. The number of hydrogen-bond donors (Lipinski definition) is 1. The number of rotatable bonds is 6. The van der Waals surface area contributed by atoms with Crippen LogP contribution >= 0.6 is 0 Å².